The number of nitrogens with one attached hydrogen (secondary N) is 2. The summed E-state index contributed by atoms with van der Waals surface area (Å²) in [4.78, 5) is 12.0. The Labute approximate surface area is 140 Å². The second kappa shape index (κ2) is 8.02. The van der Waals surface area contributed by atoms with Gasteiger partial charge in [-0.1, -0.05) is 48.0 Å². The molecule has 0 atom stereocenters. The van der Waals surface area contributed by atoms with Crippen LogP contribution in [0.4, 0.5) is 5.69 Å². The van der Waals surface area contributed by atoms with Gasteiger partial charge in [0, 0.05) is 23.5 Å². The number of aryl methyl sites for hydroxylation is 1. The van der Waals surface area contributed by atoms with Gasteiger partial charge in [-0.15, -0.1) is 0 Å². The van der Waals surface area contributed by atoms with Crippen LogP contribution >= 0.6 is 11.6 Å². The molecule has 5 heteroatoms. The van der Waals surface area contributed by atoms with E-state index in [1.807, 2.05) is 55.5 Å². The smallest absolute Gasteiger partial charge is 0.263 e. The average molecular weight is 326 g/mol. The van der Waals surface area contributed by atoms with Crippen molar-refractivity contribution < 1.29 is 4.79 Å². The van der Waals surface area contributed by atoms with Gasteiger partial charge < -0.3 is 10.6 Å². The molecule has 0 bridgehead atoms. The lowest BCUT2D eigenvalue weighted by atomic mass is 10.2. The SMILES string of the molecule is Cc1ccc(N/C=C(\C#N)C(=O)NCc2ccccc2)cc1Cl. The molecular weight excluding hydrogens is 310 g/mol. The fraction of sp³-hybridized carbons (Fsp3) is 0.111. The summed E-state index contributed by atoms with van der Waals surface area (Å²) in [7, 11) is 0. The molecule has 0 saturated carbocycles. The van der Waals surface area contributed by atoms with E-state index in [-0.39, 0.29) is 5.57 Å². The number of rotatable bonds is 5. The van der Waals surface area contributed by atoms with Crippen LogP contribution in [0.5, 0.6) is 0 Å². The first-order valence-corrected chi connectivity index (χ1v) is 7.43. The first-order chi connectivity index (χ1) is 11.1. The number of hydrogen-bond donors (Lipinski definition) is 2. The van der Waals surface area contributed by atoms with E-state index in [0.29, 0.717) is 17.3 Å². The van der Waals surface area contributed by atoms with E-state index in [2.05, 4.69) is 10.6 Å². The van der Waals surface area contributed by atoms with Crippen molar-refractivity contribution >= 4 is 23.2 Å². The molecule has 2 N–H and O–H groups in total. The van der Waals surface area contributed by atoms with Crippen LogP contribution in [0.15, 0.2) is 60.3 Å². The Hall–Kier alpha value is -2.77. The molecule has 116 valence electrons. The van der Waals surface area contributed by atoms with Crippen LogP contribution in [0.2, 0.25) is 5.02 Å². The summed E-state index contributed by atoms with van der Waals surface area (Å²) >= 11 is 6.04. The van der Waals surface area contributed by atoms with E-state index < -0.39 is 5.91 Å². The highest BCUT2D eigenvalue weighted by Crippen LogP contribution is 2.20. The topological polar surface area (TPSA) is 64.9 Å². The molecule has 2 aromatic rings. The largest absolute Gasteiger partial charge is 0.360 e. The second-order valence-corrected chi connectivity index (χ2v) is 5.35. The summed E-state index contributed by atoms with van der Waals surface area (Å²) in [5.41, 5.74) is 2.64. The standard InChI is InChI=1S/C18H16ClN3O/c1-13-7-8-16(9-17(13)19)21-12-15(10-20)18(23)22-11-14-5-3-2-4-6-14/h2-9,12,21H,11H2,1H3,(H,22,23)/b15-12+. The van der Waals surface area contributed by atoms with Crippen molar-refractivity contribution in [3.63, 3.8) is 0 Å². The van der Waals surface area contributed by atoms with Crippen molar-refractivity contribution in [1.82, 2.24) is 5.32 Å². The molecule has 2 aromatic carbocycles. The Morgan fingerprint density at radius 3 is 2.65 bits per heavy atom. The Kier molecular flexibility index (Phi) is 5.79. The predicted molar refractivity (Wildman–Crippen MR) is 91.8 cm³/mol. The van der Waals surface area contributed by atoms with E-state index in [1.165, 1.54) is 6.20 Å². The lowest BCUT2D eigenvalue weighted by Crippen LogP contribution is -2.24. The number of halogens is 1. The number of amides is 1. The Balaban J connectivity index is 1.99. The van der Waals surface area contributed by atoms with Crippen molar-refractivity contribution in [3.8, 4) is 6.07 Å². The maximum Gasteiger partial charge on any atom is 0.263 e. The van der Waals surface area contributed by atoms with Crippen molar-refractivity contribution in [3.05, 3.63) is 76.5 Å². The third-order valence-corrected chi connectivity index (χ3v) is 3.62. The molecule has 2 rings (SSSR count). The summed E-state index contributed by atoms with van der Waals surface area (Å²) in [6.07, 6.45) is 1.38. The maximum absolute atomic E-state index is 12.0. The number of carbonyl (C=O) groups excluding carboxylic acids is 1. The second-order valence-electron chi connectivity index (χ2n) is 4.95. The first kappa shape index (κ1) is 16.6. The molecule has 0 aliphatic heterocycles. The van der Waals surface area contributed by atoms with Gasteiger partial charge in [-0.25, -0.2) is 0 Å². The summed E-state index contributed by atoms with van der Waals surface area (Å²) in [5, 5.41) is 15.4. The molecule has 0 heterocycles. The van der Waals surface area contributed by atoms with Gasteiger partial charge in [0.15, 0.2) is 0 Å². The third kappa shape index (κ3) is 4.87. The van der Waals surface area contributed by atoms with Crippen molar-refractivity contribution in [2.24, 2.45) is 0 Å². The van der Waals surface area contributed by atoms with E-state index in [1.54, 1.807) is 6.07 Å². The highest BCUT2D eigenvalue weighted by Gasteiger charge is 2.08. The van der Waals surface area contributed by atoms with Crippen LogP contribution in [0, 0.1) is 18.3 Å². The van der Waals surface area contributed by atoms with Crippen LogP contribution in [0.1, 0.15) is 11.1 Å². The minimum Gasteiger partial charge on any atom is -0.360 e. The molecule has 0 aliphatic carbocycles. The Morgan fingerprint density at radius 1 is 1.26 bits per heavy atom. The predicted octanol–water partition coefficient (Wildman–Crippen LogP) is 3.78. The van der Waals surface area contributed by atoms with Gasteiger partial charge in [-0.3, -0.25) is 4.79 Å². The first-order valence-electron chi connectivity index (χ1n) is 7.05. The minimum absolute atomic E-state index is 0.00220. The molecular formula is C18H16ClN3O. The van der Waals surface area contributed by atoms with Gasteiger partial charge in [-0.2, -0.15) is 5.26 Å². The van der Waals surface area contributed by atoms with Gasteiger partial charge in [-0.05, 0) is 30.2 Å². The highest BCUT2D eigenvalue weighted by atomic mass is 35.5. The number of nitrogens with zero attached hydrogens (tertiary/aromatic N) is 1. The number of anilines is 1. The van der Waals surface area contributed by atoms with E-state index in [9.17, 15) is 4.79 Å². The quantitative estimate of drug-likeness (QED) is 0.649. The molecule has 0 radical (unpaired) electrons. The molecule has 1 amide bonds. The molecule has 4 nitrogen and oxygen atoms in total. The fourth-order valence-electron chi connectivity index (χ4n) is 1.86. The summed E-state index contributed by atoms with van der Waals surface area (Å²) in [6, 6.07) is 16.8. The van der Waals surface area contributed by atoms with Gasteiger partial charge in [0.2, 0.25) is 0 Å². The van der Waals surface area contributed by atoms with Crippen LogP contribution in [0.3, 0.4) is 0 Å². The molecule has 0 unspecified atom stereocenters. The van der Waals surface area contributed by atoms with E-state index in [0.717, 1.165) is 11.1 Å². The lowest BCUT2D eigenvalue weighted by Gasteiger charge is -2.06. The van der Waals surface area contributed by atoms with E-state index in [4.69, 9.17) is 16.9 Å². The third-order valence-electron chi connectivity index (χ3n) is 3.22. The highest BCUT2D eigenvalue weighted by molar-refractivity contribution is 6.31. The number of carbonyl (C=O) groups is 1. The number of nitriles is 1. The zero-order valence-electron chi connectivity index (χ0n) is 12.6. The number of hydrogen-bond acceptors (Lipinski definition) is 3. The van der Waals surface area contributed by atoms with Crippen molar-refractivity contribution in [2.45, 2.75) is 13.5 Å². The summed E-state index contributed by atoms with van der Waals surface area (Å²) < 4.78 is 0. The normalized spacial score (nSPS) is 10.7. The minimum atomic E-state index is -0.429. The zero-order valence-corrected chi connectivity index (χ0v) is 13.4. The average Bonchev–Trinajstić information content (AvgIpc) is 2.57. The van der Waals surface area contributed by atoms with Crippen molar-refractivity contribution in [2.75, 3.05) is 5.32 Å². The Bertz CT molecular complexity index is 764. The van der Waals surface area contributed by atoms with Crippen LogP contribution in [0.25, 0.3) is 0 Å². The summed E-state index contributed by atoms with van der Waals surface area (Å²) in [6.45, 7) is 2.27. The van der Waals surface area contributed by atoms with Crippen LogP contribution < -0.4 is 10.6 Å². The lowest BCUT2D eigenvalue weighted by molar-refractivity contribution is -0.117. The fourth-order valence-corrected chi connectivity index (χ4v) is 2.04. The van der Waals surface area contributed by atoms with Gasteiger partial charge in [0.05, 0.1) is 0 Å². The van der Waals surface area contributed by atoms with Gasteiger partial charge >= 0.3 is 0 Å². The Morgan fingerprint density at radius 2 is 2.00 bits per heavy atom. The maximum atomic E-state index is 12.0. The molecule has 0 spiro atoms. The van der Waals surface area contributed by atoms with Gasteiger partial charge in [0.25, 0.3) is 5.91 Å². The van der Waals surface area contributed by atoms with Gasteiger partial charge in [0.1, 0.15) is 11.6 Å². The van der Waals surface area contributed by atoms with E-state index >= 15 is 0 Å². The summed E-state index contributed by atoms with van der Waals surface area (Å²) in [5.74, 6) is -0.429. The molecule has 0 saturated heterocycles. The molecule has 0 aliphatic rings. The molecule has 23 heavy (non-hydrogen) atoms. The number of benzene rings is 2. The molecule has 0 aromatic heterocycles. The van der Waals surface area contributed by atoms with Crippen molar-refractivity contribution in [1.29, 1.82) is 5.26 Å². The monoisotopic (exact) mass is 325 g/mol. The van der Waals surface area contributed by atoms with Crippen LogP contribution in [-0.4, -0.2) is 5.91 Å². The zero-order chi connectivity index (χ0) is 16.7. The van der Waals surface area contributed by atoms with Crippen LogP contribution in [-0.2, 0) is 11.3 Å². The molecule has 0 fully saturated rings.